The number of carbonyl (C=O) groups is 3. The number of fused-ring (bicyclic) bond motifs is 3. The second kappa shape index (κ2) is 11.9. The predicted octanol–water partition coefficient (Wildman–Crippen LogP) is 1.26. The summed E-state index contributed by atoms with van der Waals surface area (Å²) in [5.41, 5.74) is 4.04. The summed E-state index contributed by atoms with van der Waals surface area (Å²) < 4.78 is 37.1. The molecule has 2 aliphatic rings. The SMILES string of the molecule is O=C(NCCc1c[nH]c2ccc3c(c12)CCNC3=O)NCCN1CCOCC1.O=C(O)C(F)(F)F. The van der Waals surface area contributed by atoms with Gasteiger partial charge in [-0.25, -0.2) is 9.59 Å². The predicted molar refractivity (Wildman–Crippen MR) is 120 cm³/mol. The van der Waals surface area contributed by atoms with Crippen LogP contribution in [0.25, 0.3) is 10.9 Å². The van der Waals surface area contributed by atoms with Crippen molar-refractivity contribution < 1.29 is 37.4 Å². The Morgan fingerprint density at radius 1 is 1.14 bits per heavy atom. The normalized spacial score (nSPS) is 16.0. The van der Waals surface area contributed by atoms with Gasteiger partial charge in [-0.1, -0.05) is 0 Å². The van der Waals surface area contributed by atoms with Crippen LogP contribution in [0.15, 0.2) is 18.3 Å². The van der Waals surface area contributed by atoms with Crippen molar-refractivity contribution in [2.45, 2.75) is 19.0 Å². The highest BCUT2D eigenvalue weighted by molar-refractivity contribution is 6.02. The van der Waals surface area contributed by atoms with E-state index in [-0.39, 0.29) is 11.9 Å². The van der Waals surface area contributed by atoms with Crippen LogP contribution in [0.2, 0.25) is 0 Å². The van der Waals surface area contributed by atoms with E-state index >= 15 is 0 Å². The van der Waals surface area contributed by atoms with Crippen LogP contribution in [0.5, 0.6) is 0 Å². The summed E-state index contributed by atoms with van der Waals surface area (Å²) >= 11 is 0. The van der Waals surface area contributed by atoms with E-state index in [0.29, 0.717) is 19.6 Å². The van der Waals surface area contributed by atoms with Crippen LogP contribution in [0.4, 0.5) is 18.0 Å². The van der Waals surface area contributed by atoms with Crippen molar-refractivity contribution in [2.75, 3.05) is 52.5 Å². The molecule has 2 aromatic rings. The second-order valence-corrected chi connectivity index (χ2v) is 8.02. The molecule has 4 rings (SSSR count). The molecule has 3 heterocycles. The second-order valence-electron chi connectivity index (χ2n) is 8.02. The van der Waals surface area contributed by atoms with E-state index in [2.05, 4.69) is 25.8 Å². The first-order valence-corrected chi connectivity index (χ1v) is 11.2. The molecular weight excluding hydrogens is 471 g/mol. The molecule has 0 radical (unpaired) electrons. The van der Waals surface area contributed by atoms with Gasteiger partial charge in [0.2, 0.25) is 0 Å². The number of nitrogens with one attached hydrogen (secondary N) is 4. The third-order valence-electron chi connectivity index (χ3n) is 5.68. The fraction of sp³-hybridized carbons (Fsp3) is 0.500. The van der Waals surface area contributed by atoms with Crippen molar-refractivity contribution in [1.82, 2.24) is 25.8 Å². The van der Waals surface area contributed by atoms with E-state index in [0.717, 1.165) is 73.3 Å². The van der Waals surface area contributed by atoms with Gasteiger partial charge in [-0.15, -0.1) is 0 Å². The van der Waals surface area contributed by atoms with Crippen molar-refractivity contribution >= 4 is 28.8 Å². The highest BCUT2D eigenvalue weighted by Gasteiger charge is 2.38. The Morgan fingerprint density at radius 2 is 1.83 bits per heavy atom. The highest BCUT2D eigenvalue weighted by Crippen LogP contribution is 2.28. The van der Waals surface area contributed by atoms with Crippen molar-refractivity contribution in [3.63, 3.8) is 0 Å². The number of morpholine rings is 1. The maximum absolute atomic E-state index is 12.1. The minimum absolute atomic E-state index is 0.00642. The third-order valence-corrected chi connectivity index (χ3v) is 5.68. The molecule has 192 valence electrons. The number of hydrogen-bond donors (Lipinski definition) is 5. The molecule has 1 fully saturated rings. The Labute approximate surface area is 199 Å². The van der Waals surface area contributed by atoms with E-state index in [4.69, 9.17) is 14.6 Å². The number of hydrogen-bond acceptors (Lipinski definition) is 5. The highest BCUT2D eigenvalue weighted by atomic mass is 19.4. The quantitative estimate of drug-likeness (QED) is 0.406. The summed E-state index contributed by atoms with van der Waals surface area (Å²) in [5.74, 6) is -2.76. The van der Waals surface area contributed by atoms with Crippen LogP contribution in [0, 0.1) is 0 Å². The average Bonchev–Trinajstić information content (AvgIpc) is 3.23. The van der Waals surface area contributed by atoms with Crippen LogP contribution in [-0.4, -0.2) is 91.6 Å². The number of amides is 3. The first kappa shape index (κ1) is 26.3. The number of aromatic amines is 1. The molecule has 0 saturated carbocycles. The van der Waals surface area contributed by atoms with Crippen LogP contribution >= 0.6 is 0 Å². The number of carboxylic acid groups (broad SMARTS) is 1. The van der Waals surface area contributed by atoms with Crippen molar-refractivity contribution in [3.05, 3.63) is 35.0 Å². The lowest BCUT2D eigenvalue weighted by atomic mass is 9.94. The molecular formula is C22H28F3N5O5. The van der Waals surface area contributed by atoms with E-state index in [1.165, 1.54) is 0 Å². The number of benzene rings is 1. The smallest absolute Gasteiger partial charge is 0.475 e. The molecule has 1 aromatic carbocycles. The molecule has 13 heteroatoms. The maximum atomic E-state index is 12.1. The minimum atomic E-state index is -5.08. The molecule has 0 bridgehead atoms. The van der Waals surface area contributed by atoms with Gasteiger partial charge in [0.05, 0.1) is 13.2 Å². The van der Waals surface area contributed by atoms with Gasteiger partial charge in [-0.3, -0.25) is 9.69 Å². The van der Waals surface area contributed by atoms with E-state index in [9.17, 15) is 22.8 Å². The number of nitrogens with zero attached hydrogens (tertiary/aromatic N) is 1. The standard InChI is InChI=1S/C20H27N5O3.C2HF3O2/c26-19-16-1-2-17-18(15(16)4-6-21-19)14(13-24-17)3-5-22-20(27)23-7-8-25-9-11-28-12-10-25;3-2(4,5)1(6)7/h1-2,13,24H,3-12H2,(H,21,26)(H2,22,23,27);(H,6,7). The maximum Gasteiger partial charge on any atom is 0.490 e. The number of urea groups is 1. The zero-order chi connectivity index (χ0) is 25.4. The Bertz CT molecular complexity index is 1050. The summed E-state index contributed by atoms with van der Waals surface area (Å²) in [6.07, 6.45) is -1.55. The lowest BCUT2D eigenvalue weighted by molar-refractivity contribution is -0.192. The first-order chi connectivity index (χ1) is 16.7. The third kappa shape index (κ3) is 7.33. The van der Waals surface area contributed by atoms with Gasteiger partial charge >= 0.3 is 18.2 Å². The molecule has 1 aromatic heterocycles. The first-order valence-electron chi connectivity index (χ1n) is 11.2. The number of alkyl halides is 3. The number of carbonyl (C=O) groups excluding carboxylic acids is 2. The Hall–Kier alpha value is -3.32. The molecule has 0 aliphatic carbocycles. The average molecular weight is 499 g/mol. The number of aliphatic carboxylic acids is 1. The lowest BCUT2D eigenvalue weighted by Gasteiger charge is -2.26. The summed E-state index contributed by atoms with van der Waals surface area (Å²) in [5, 5.41) is 17.0. The molecule has 35 heavy (non-hydrogen) atoms. The fourth-order valence-corrected chi connectivity index (χ4v) is 3.96. The molecule has 1 saturated heterocycles. The number of carboxylic acids is 1. The van der Waals surface area contributed by atoms with E-state index in [1.54, 1.807) is 0 Å². The zero-order valence-electron chi connectivity index (χ0n) is 19.0. The van der Waals surface area contributed by atoms with Gasteiger partial charge in [0, 0.05) is 61.9 Å². The Kier molecular flexibility index (Phi) is 8.93. The largest absolute Gasteiger partial charge is 0.490 e. The molecule has 0 atom stereocenters. The summed E-state index contributed by atoms with van der Waals surface area (Å²) in [6.45, 7) is 6.06. The topological polar surface area (TPSA) is 136 Å². The summed E-state index contributed by atoms with van der Waals surface area (Å²) in [6, 6.07) is 3.69. The van der Waals surface area contributed by atoms with Gasteiger partial charge in [0.1, 0.15) is 0 Å². The minimum Gasteiger partial charge on any atom is -0.475 e. The molecule has 5 N–H and O–H groups in total. The fourth-order valence-electron chi connectivity index (χ4n) is 3.96. The van der Waals surface area contributed by atoms with Crippen molar-refractivity contribution in [2.24, 2.45) is 0 Å². The van der Waals surface area contributed by atoms with Crippen molar-refractivity contribution in [3.8, 4) is 0 Å². The summed E-state index contributed by atoms with van der Waals surface area (Å²) in [4.78, 5) is 38.6. The van der Waals surface area contributed by atoms with Crippen LogP contribution in [-0.2, 0) is 22.4 Å². The molecule has 0 spiro atoms. The van der Waals surface area contributed by atoms with Crippen molar-refractivity contribution in [1.29, 1.82) is 0 Å². The molecule has 2 aliphatic heterocycles. The van der Waals surface area contributed by atoms with E-state index < -0.39 is 12.1 Å². The zero-order valence-corrected chi connectivity index (χ0v) is 19.0. The molecule has 10 nitrogen and oxygen atoms in total. The Balaban J connectivity index is 0.000000429. The van der Waals surface area contributed by atoms with E-state index in [1.807, 2.05) is 18.3 Å². The number of ether oxygens (including phenoxy) is 1. The van der Waals surface area contributed by atoms with Gasteiger partial charge in [-0.2, -0.15) is 13.2 Å². The van der Waals surface area contributed by atoms with Gasteiger partial charge in [0.15, 0.2) is 0 Å². The monoisotopic (exact) mass is 499 g/mol. The van der Waals surface area contributed by atoms with Crippen LogP contribution in [0.3, 0.4) is 0 Å². The van der Waals surface area contributed by atoms with Crippen LogP contribution < -0.4 is 16.0 Å². The molecule has 3 amide bonds. The van der Waals surface area contributed by atoms with Gasteiger partial charge in [0.25, 0.3) is 5.91 Å². The van der Waals surface area contributed by atoms with Crippen LogP contribution in [0.1, 0.15) is 21.5 Å². The van der Waals surface area contributed by atoms with Gasteiger partial charge < -0.3 is 30.8 Å². The Morgan fingerprint density at radius 3 is 2.51 bits per heavy atom. The van der Waals surface area contributed by atoms with Gasteiger partial charge in [-0.05, 0) is 36.1 Å². The number of halogens is 3. The summed E-state index contributed by atoms with van der Waals surface area (Å²) in [7, 11) is 0. The number of rotatable bonds is 6. The molecule has 0 unspecified atom stereocenters. The number of H-pyrrole nitrogens is 1. The number of aromatic nitrogens is 1. The lowest BCUT2D eigenvalue weighted by Crippen LogP contribution is -2.44.